The van der Waals surface area contributed by atoms with Crippen molar-refractivity contribution < 1.29 is 9.59 Å². The molecule has 1 saturated heterocycles. The van der Waals surface area contributed by atoms with Crippen molar-refractivity contribution in [1.82, 2.24) is 10.2 Å². The number of nitrogens with one attached hydrogen (secondary N) is 1. The third-order valence-corrected chi connectivity index (χ3v) is 4.13. The van der Waals surface area contributed by atoms with Crippen LogP contribution in [0, 0.1) is 0 Å². The van der Waals surface area contributed by atoms with Gasteiger partial charge in [-0.05, 0) is 17.7 Å². The molecule has 1 aliphatic rings. The summed E-state index contributed by atoms with van der Waals surface area (Å²) in [7, 11) is 1.76. The third-order valence-electron chi connectivity index (χ3n) is 4.13. The van der Waals surface area contributed by atoms with E-state index >= 15 is 0 Å². The molecule has 3 rings (SSSR count). The van der Waals surface area contributed by atoms with Gasteiger partial charge in [0.1, 0.15) is 0 Å². The monoisotopic (exact) mass is 323 g/mol. The summed E-state index contributed by atoms with van der Waals surface area (Å²) in [6.07, 6.45) is 0.333. The van der Waals surface area contributed by atoms with Gasteiger partial charge in [-0.1, -0.05) is 48.5 Å². The molecule has 2 aromatic carbocycles. The summed E-state index contributed by atoms with van der Waals surface area (Å²) in [5.41, 5.74) is 1.94. The molecule has 1 heterocycles. The quantitative estimate of drug-likeness (QED) is 0.940. The molecule has 0 aliphatic carbocycles. The standard InChI is InChI=1S/C19H21N3O2/c1-21(13-15-8-4-2-5-9-15)19(24)20-16-12-18(23)22(14-16)17-10-6-3-7-11-17/h2-11,16H,12-14H2,1H3,(H,20,24). The SMILES string of the molecule is CN(Cc1ccccc1)C(=O)NC1CC(=O)N(c2ccccc2)C1. The Kier molecular flexibility index (Phi) is 4.79. The summed E-state index contributed by atoms with van der Waals surface area (Å²) in [6, 6.07) is 19.0. The van der Waals surface area contributed by atoms with E-state index in [9.17, 15) is 9.59 Å². The summed E-state index contributed by atoms with van der Waals surface area (Å²) < 4.78 is 0. The highest BCUT2D eigenvalue weighted by Gasteiger charge is 2.31. The molecule has 1 fully saturated rings. The molecule has 2 aromatic rings. The van der Waals surface area contributed by atoms with Gasteiger partial charge in [0.25, 0.3) is 0 Å². The molecule has 0 bridgehead atoms. The van der Waals surface area contributed by atoms with Crippen LogP contribution in [0.3, 0.4) is 0 Å². The number of hydrogen-bond acceptors (Lipinski definition) is 2. The number of hydrogen-bond donors (Lipinski definition) is 1. The first-order chi connectivity index (χ1) is 11.6. The zero-order valence-electron chi connectivity index (χ0n) is 13.7. The molecule has 0 aromatic heterocycles. The van der Waals surface area contributed by atoms with Crippen LogP contribution in [0.4, 0.5) is 10.5 Å². The van der Waals surface area contributed by atoms with Gasteiger partial charge in [-0.2, -0.15) is 0 Å². The average molecular weight is 323 g/mol. The second-order valence-electron chi connectivity index (χ2n) is 6.03. The number of anilines is 1. The summed E-state index contributed by atoms with van der Waals surface area (Å²) in [5, 5.41) is 2.95. The molecule has 0 radical (unpaired) electrons. The van der Waals surface area contributed by atoms with E-state index in [1.807, 2.05) is 60.7 Å². The van der Waals surface area contributed by atoms with Gasteiger partial charge < -0.3 is 15.1 Å². The highest BCUT2D eigenvalue weighted by molar-refractivity contribution is 5.96. The van der Waals surface area contributed by atoms with Crippen LogP contribution in [0.25, 0.3) is 0 Å². The van der Waals surface area contributed by atoms with Crippen molar-refractivity contribution in [3.63, 3.8) is 0 Å². The number of urea groups is 1. The number of carbonyl (C=O) groups is 2. The Hall–Kier alpha value is -2.82. The van der Waals surface area contributed by atoms with Crippen LogP contribution in [-0.4, -0.2) is 36.5 Å². The number of carbonyl (C=O) groups excluding carboxylic acids is 2. The van der Waals surface area contributed by atoms with Gasteiger partial charge in [0.15, 0.2) is 0 Å². The average Bonchev–Trinajstić information content (AvgIpc) is 2.97. The molecule has 5 heteroatoms. The van der Waals surface area contributed by atoms with Crippen molar-refractivity contribution in [3.05, 3.63) is 66.2 Å². The van der Waals surface area contributed by atoms with Gasteiger partial charge in [0.2, 0.25) is 5.91 Å². The minimum Gasteiger partial charge on any atom is -0.333 e. The minimum atomic E-state index is -0.163. The molecule has 0 saturated carbocycles. The predicted octanol–water partition coefficient (Wildman–Crippen LogP) is 2.63. The van der Waals surface area contributed by atoms with E-state index in [1.54, 1.807) is 16.8 Å². The highest BCUT2D eigenvalue weighted by Crippen LogP contribution is 2.21. The first kappa shape index (κ1) is 16.1. The van der Waals surface area contributed by atoms with Crippen molar-refractivity contribution in [2.45, 2.75) is 19.0 Å². The van der Waals surface area contributed by atoms with E-state index in [0.717, 1.165) is 11.3 Å². The largest absolute Gasteiger partial charge is 0.333 e. The van der Waals surface area contributed by atoms with Gasteiger partial charge in [-0.15, -0.1) is 0 Å². The van der Waals surface area contributed by atoms with Crippen molar-refractivity contribution in [3.8, 4) is 0 Å². The van der Waals surface area contributed by atoms with Gasteiger partial charge in [0, 0.05) is 32.2 Å². The molecular weight excluding hydrogens is 302 g/mol. The van der Waals surface area contributed by atoms with Gasteiger partial charge in [0.05, 0.1) is 6.04 Å². The first-order valence-corrected chi connectivity index (χ1v) is 8.04. The zero-order valence-corrected chi connectivity index (χ0v) is 13.7. The van der Waals surface area contributed by atoms with Crippen LogP contribution in [0.5, 0.6) is 0 Å². The highest BCUT2D eigenvalue weighted by atomic mass is 16.2. The van der Waals surface area contributed by atoms with Crippen LogP contribution in [-0.2, 0) is 11.3 Å². The van der Waals surface area contributed by atoms with Crippen LogP contribution >= 0.6 is 0 Å². The summed E-state index contributed by atoms with van der Waals surface area (Å²) in [6.45, 7) is 1.05. The van der Waals surface area contributed by atoms with Gasteiger partial charge in [-0.25, -0.2) is 4.79 Å². The maximum Gasteiger partial charge on any atom is 0.317 e. The van der Waals surface area contributed by atoms with Crippen molar-refractivity contribution in [2.75, 3.05) is 18.5 Å². The van der Waals surface area contributed by atoms with Gasteiger partial charge >= 0.3 is 6.03 Å². The Labute approximate surface area is 141 Å². The van der Waals surface area contributed by atoms with Crippen molar-refractivity contribution in [1.29, 1.82) is 0 Å². The zero-order chi connectivity index (χ0) is 16.9. The van der Waals surface area contributed by atoms with E-state index in [1.165, 1.54) is 0 Å². The number of rotatable bonds is 4. The topological polar surface area (TPSA) is 52.7 Å². The lowest BCUT2D eigenvalue weighted by Gasteiger charge is -2.21. The Morgan fingerprint density at radius 2 is 1.75 bits per heavy atom. The van der Waals surface area contributed by atoms with Crippen molar-refractivity contribution in [2.24, 2.45) is 0 Å². The van der Waals surface area contributed by atoms with Crippen LogP contribution in [0.2, 0.25) is 0 Å². The fraction of sp³-hybridized carbons (Fsp3) is 0.263. The summed E-state index contributed by atoms with van der Waals surface area (Å²) in [5.74, 6) is 0.0391. The molecule has 1 unspecified atom stereocenters. The maximum absolute atomic E-state index is 12.3. The molecule has 124 valence electrons. The molecule has 3 amide bonds. The Bertz CT molecular complexity index is 703. The fourth-order valence-corrected chi connectivity index (χ4v) is 2.88. The first-order valence-electron chi connectivity index (χ1n) is 8.04. The van der Waals surface area contributed by atoms with E-state index in [0.29, 0.717) is 19.5 Å². The minimum absolute atomic E-state index is 0.0391. The number of nitrogens with zero attached hydrogens (tertiary/aromatic N) is 2. The second kappa shape index (κ2) is 7.17. The molecule has 1 aliphatic heterocycles. The third kappa shape index (κ3) is 3.74. The normalized spacial score (nSPS) is 17.0. The lowest BCUT2D eigenvalue weighted by atomic mass is 10.2. The fourth-order valence-electron chi connectivity index (χ4n) is 2.88. The molecule has 5 nitrogen and oxygen atoms in total. The second-order valence-corrected chi connectivity index (χ2v) is 6.03. The van der Waals surface area contributed by atoms with Crippen LogP contribution < -0.4 is 10.2 Å². The molecule has 1 atom stereocenters. The lowest BCUT2D eigenvalue weighted by Crippen LogP contribution is -2.43. The summed E-state index contributed by atoms with van der Waals surface area (Å²) >= 11 is 0. The van der Waals surface area contributed by atoms with E-state index in [4.69, 9.17) is 0 Å². The number of para-hydroxylation sites is 1. The van der Waals surface area contributed by atoms with Crippen molar-refractivity contribution >= 4 is 17.6 Å². The molecular formula is C19H21N3O2. The van der Waals surface area contributed by atoms with E-state index in [2.05, 4.69) is 5.32 Å². The molecule has 0 spiro atoms. The molecule has 1 N–H and O–H groups in total. The van der Waals surface area contributed by atoms with Crippen LogP contribution in [0.1, 0.15) is 12.0 Å². The van der Waals surface area contributed by atoms with E-state index < -0.39 is 0 Å². The Morgan fingerprint density at radius 3 is 2.42 bits per heavy atom. The Balaban J connectivity index is 1.56. The smallest absolute Gasteiger partial charge is 0.317 e. The number of amides is 3. The van der Waals surface area contributed by atoms with E-state index in [-0.39, 0.29) is 18.0 Å². The maximum atomic E-state index is 12.3. The Morgan fingerprint density at radius 1 is 1.12 bits per heavy atom. The lowest BCUT2D eigenvalue weighted by molar-refractivity contribution is -0.117. The summed E-state index contributed by atoms with van der Waals surface area (Å²) in [4.78, 5) is 27.9. The van der Waals surface area contributed by atoms with Gasteiger partial charge in [-0.3, -0.25) is 4.79 Å². The van der Waals surface area contributed by atoms with Crippen LogP contribution in [0.15, 0.2) is 60.7 Å². The number of benzene rings is 2. The molecule has 24 heavy (non-hydrogen) atoms. The predicted molar refractivity (Wildman–Crippen MR) is 93.6 cm³/mol.